The number of hydrogen-bond acceptors (Lipinski definition) is 3. The maximum Gasteiger partial charge on any atom is 0.310 e. The number of carbonyl (C=O) groups is 2. The van der Waals surface area contributed by atoms with Crippen LogP contribution in [-0.2, 0) is 27.3 Å². The fourth-order valence-electron chi connectivity index (χ4n) is 4.31. The van der Waals surface area contributed by atoms with Crippen LogP contribution in [0.5, 0.6) is 0 Å². The Morgan fingerprint density at radius 1 is 1.03 bits per heavy atom. The summed E-state index contributed by atoms with van der Waals surface area (Å²) in [5.41, 5.74) is 2.68. The summed E-state index contributed by atoms with van der Waals surface area (Å²) < 4.78 is 18.6. The molecular formula is C25H27FN2O3. The summed E-state index contributed by atoms with van der Waals surface area (Å²) in [6, 6.07) is 14.1. The number of aromatic amines is 1. The second-order valence-corrected chi connectivity index (χ2v) is 8.14. The van der Waals surface area contributed by atoms with Gasteiger partial charge in [0.25, 0.3) is 5.91 Å². The number of fused-ring (bicyclic) bond motifs is 1. The first-order valence-corrected chi connectivity index (χ1v) is 10.8. The summed E-state index contributed by atoms with van der Waals surface area (Å²) in [5, 5.41) is 0.978. The fourth-order valence-corrected chi connectivity index (χ4v) is 4.31. The second kappa shape index (κ2) is 9.77. The molecule has 162 valence electrons. The van der Waals surface area contributed by atoms with E-state index in [1.807, 2.05) is 24.3 Å². The molecule has 0 aliphatic heterocycles. The van der Waals surface area contributed by atoms with Crippen molar-refractivity contribution in [1.82, 2.24) is 9.88 Å². The highest BCUT2D eigenvalue weighted by molar-refractivity contribution is 5.88. The molecule has 0 spiro atoms. The van der Waals surface area contributed by atoms with E-state index in [0.717, 1.165) is 47.7 Å². The summed E-state index contributed by atoms with van der Waals surface area (Å²) in [7, 11) is 0. The number of nitrogens with one attached hydrogen (secondary N) is 1. The normalized spacial score (nSPS) is 14.5. The van der Waals surface area contributed by atoms with E-state index in [2.05, 4.69) is 4.98 Å². The van der Waals surface area contributed by atoms with E-state index >= 15 is 0 Å². The van der Waals surface area contributed by atoms with Gasteiger partial charge in [-0.15, -0.1) is 0 Å². The standard InChI is InChI=1S/C25H27FN2O3/c26-20-12-10-18(11-13-20)16-28(21-6-2-1-3-7-21)24(29)17-31-25(30)14-19-15-27-23-9-5-4-8-22(19)23/h4-5,8-13,15,21,27H,1-3,6-7,14,16-17H2. The van der Waals surface area contributed by atoms with E-state index < -0.39 is 5.97 Å². The van der Waals surface area contributed by atoms with Crippen LogP contribution in [0.4, 0.5) is 4.39 Å². The molecule has 0 radical (unpaired) electrons. The number of carbonyl (C=O) groups excluding carboxylic acids is 2. The van der Waals surface area contributed by atoms with Crippen LogP contribution in [-0.4, -0.2) is 34.4 Å². The predicted octanol–water partition coefficient (Wildman–Crippen LogP) is 4.75. The Bertz CT molecular complexity index is 1040. The first-order chi connectivity index (χ1) is 15.1. The molecule has 31 heavy (non-hydrogen) atoms. The van der Waals surface area contributed by atoms with Crippen LogP contribution in [0.1, 0.15) is 43.2 Å². The van der Waals surface area contributed by atoms with Crippen molar-refractivity contribution in [3.8, 4) is 0 Å². The molecule has 0 bridgehead atoms. The van der Waals surface area contributed by atoms with Gasteiger partial charge in [0.2, 0.25) is 0 Å². The van der Waals surface area contributed by atoms with Crippen LogP contribution >= 0.6 is 0 Å². The molecule has 0 saturated heterocycles. The van der Waals surface area contributed by atoms with Crippen molar-refractivity contribution in [3.05, 3.63) is 71.7 Å². The first kappa shape index (κ1) is 21.1. The largest absolute Gasteiger partial charge is 0.455 e. The molecule has 1 aliphatic carbocycles. The van der Waals surface area contributed by atoms with Gasteiger partial charge < -0.3 is 14.6 Å². The zero-order valence-corrected chi connectivity index (χ0v) is 17.5. The van der Waals surface area contributed by atoms with Gasteiger partial charge in [0.1, 0.15) is 5.82 Å². The molecule has 3 aromatic rings. The van der Waals surface area contributed by atoms with Crippen LogP contribution in [0.3, 0.4) is 0 Å². The third-order valence-electron chi connectivity index (χ3n) is 5.97. The molecule has 2 aromatic carbocycles. The number of amides is 1. The molecule has 1 fully saturated rings. The number of hydrogen-bond donors (Lipinski definition) is 1. The third-order valence-corrected chi connectivity index (χ3v) is 5.97. The molecule has 4 rings (SSSR count). The molecule has 1 amide bonds. The number of para-hydroxylation sites is 1. The van der Waals surface area contributed by atoms with Crippen LogP contribution in [0.15, 0.2) is 54.7 Å². The van der Waals surface area contributed by atoms with Gasteiger partial charge in [-0.05, 0) is 42.2 Å². The van der Waals surface area contributed by atoms with Crippen molar-refractivity contribution in [3.63, 3.8) is 0 Å². The molecule has 1 N–H and O–H groups in total. The number of nitrogens with zero attached hydrogens (tertiary/aromatic N) is 1. The van der Waals surface area contributed by atoms with Crippen LogP contribution in [0.2, 0.25) is 0 Å². The number of ether oxygens (including phenoxy) is 1. The number of H-pyrrole nitrogens is 1. The number of benzene rings is 2. The van der Waals surface area contributed by atoms with Crippen LogP contribution < -0.4 is 0 Å². The van der Waals surface area contributed by atoms with Crippen LogP contribution in [0.25, 0.3) is 10.9 Å². The highest BCUT2D eigenvalue weighted by atomic mass is 19.1. The molecule has 1 heterocycles. The van der Waals surface area contributed by atoms with E-state index in [-0.39, 0.29) is 30.8 Å². The van der Waals surface area contributed by atoms with Crippen LogP contribution in [0, 0.1) is 5.82 Å². The van der Waals surface area contributed by atoms with E-state index in [1.54, 1.807) is 23.2 Å². The topological polar surface area (TPSA) is 62.4 Å². The third kappa shape index (κ3) is 5.32. The lowest BCUT2D eigenvalue weighted by molar-refractivity contribution is -0.153. The molecule has 0 atom stereocenters. The zero-order chi connectivity index (χ0) is 21.6. The number of halogens is 1. The van der Waals surface area contributed by atoms with E-state index in [4.69, 9.17) is 4.74 Å². The Hall–Kier alpha value is -3.15. The Balaban J connectivity index is 1.39. The van der Waals surface area contributed by atoms with Gasteiger partial charge >= 0.3 is 5.97 Å². The summed E-state index contributed by atoms with van der Waals surface area (Å²) in [4.78, 5) is 30.3. The first-order valence-electron chi connectivity index (χ1n) is 10.8. The predicted molar refractivity (Wildman–Crippen MR) is 117 cm³/mol. The van der Waals surface area contributed by atoms with E-state index in [0.29, 0.717) is 6.54 Å². The van der Waals surface area contributed by atoms with Crippen molar-refractivity contribution in [2.24, 2.45) is 0 Å². The molecule has 1 saturated carbocycles. The SMILES string of the molecule is O=C(Cc1c[nH]c2ccccc12)OCC(=O)N(Cc1ccc(F)cc1)C1CCCCC1. The molecule has 6 heteroatoms. The molecular weight excluding hydrogens is 395 g/mol. The van der Waals surface area contributed by atoms with Gasteiger partial charge in [0, 0.05) is 29.7 Å². The molecule has 0 unspecified atom stereocenters. The summed E-state index contributed by atoms with van der Waals surface area (Å²) in [6.07, 6.45) is 7.13. The van der Waals surface area contributed by atoms with Gasteiger partial charge in [-0.3, -0.25) is 9.59 Å². The summed E-state index contributed by atoms with van der Waals surface area (Å²) in [5.74, 6) is -0.933. The van der Waals surface area contributed by atoms with Gasteiger partial charge in [-0.25, -0.2) is 4.39 Å². The lowest BCUT2D eigenvalue weighted by Gasteiger charge is -2.34. The lowest BCUT2D eigenvalue weighted by Crippen LogP contribution is -2.43. The molecule has 1 aromatic heterocycles. The molecule has 5 nitrogen and oxygen atoms in total. The van der Waals surface area contributed by atoms with E-state index in [1.165, 1.54) is 18.6 Å². The highest BCUT2D eigenvalue weighted by Gasteiger charge is 2.26. The average Bonchev–Trinajstić information content (AvgIpc) is 3.20. The number of rotatable bonds is 7. The van der Waals surface area contributed by atoms with Gasteiger partial charge in [-0.2, -0.15) is 0 Å². The van der Waals surface area contributed by atoms with Crippen molar-refractivity contribution < 1.29 is 18.7 Å². The molecule has 1 aliphatic rings. The minimum Gasteiger partial charge on any atom is -0.455 e. The van der Waals surface area contributed by atoms with Gasteiger partial charge in [0.05, 0.1) is 6.42 Å². The monoisotopic (exact) mass is 422 g/mol. The maximum atomic E-state index is 13.3. The van der Waals surface area contributed by atoms with Crippen molar-refractivity contribution in [2.75, 3.05) is 6.61 Å². The number of aromatic nitrogens is 1. The Kier molecular flexibility index (Phi) is 6.65. The zero-order valence-electron chi connectivity index (χ0n) is 17.5. The smallest absolute Gasteiger partial charge is 0.310 e. The Morgan fingerprint density at radius 2 is 1.77 bits per heavy atom. The fraction of sp³-hybridized carbons (Fsp3) is 0.360. The van der Waals surface area contributed by atoms with Gasteiger partial charge in [-0.1, -0.05) is 49.6 Å². The Morgan fingerprint density at radius 3 is 2.55 bits per heavy atom. The van der Waals surface area contributed by atoms with Crippen molar-refractivity contribution in [1.29, 1.82) is 0 Å². The minimum atomic E-state index is -0.427. The maximum absolute atomic E-state index is 13.3. The van der Waals surface area contributed by atoms with Gasteiger partial charge in [0.15, 0.2) is 6.61 Å². The second-order valence-electron chi connectivity index (χ2n) is 8.14. The van der Waals surface area contributed by atoms with Crippen molar-refractivity contribution >= 4 is 22.8 Å². The lowest BCUT2D eigenvalue weighted by atomic mass is 9.93. The quantitative estimate of drug-likeness (QED) is 0.559. The van der Waals surface area contributed by atoms with E-state index in [9.17, 15) is 14.0 Å². The summed E-state index contributed by atoms with van der Waals surface area (Å²) >= 11 is 0. The highest BCUT2D eigenvalue weighted by Crippen LogP contribution is 2.25. The minimum absolute atomic E-state index is 0.110. The number of esters is 1. The van der Waals surface area contributed by atoms with Crippen molar-refractivity contribution in [2.45, 2.75) is 51.1 Å². The Labute approximate surface area is 181 Å². The summed E-state index contributed by atoms with van der Waals surface area (Å²) in [6.45, 7) is 0.114. The average molecular weight is 423 g/mol.